The Morgan fingerprint density at radius 1 is 1.20 bits per heavy atom. The van der Waals surface area contributed by atoms with Crippen LogP contribution in [0.25, 0.3) is 0 Å². The number of anilines is 2. The number of nitrogens with zero attached hydrogens (tertiary/aromatic N) is 3. The topological polar surface area (TPSA) is 65.5 Å². The summed E-state index contributed by atoms with van der Waals surface area (Å²) in [5, 5.41) is 0.486. The summed E-state index contributed by atoms with van der Waals surface area (Å²) in [6, 6.07) is 8.41. The van der Waals surface area contributed by atoms with Crippen molar-refractivity contribution in [1.82, 2.24) is 9.88 Å². The molecule has 6 nitrogen and oxygen atoms in total. The van der Waals surface area contributed by atoms with Crippen molar-refractivity contribution in [3.05, 3.63) is 47.7 Å². The average molecular weight is 381 g/mol. The molecule has 0 amide bonds. The third kappa shape index (κ3) is 4.23. The molecule has 1 N–H and O–H groups in total. The molecule has 0 spiro atoms. The molecule has 0 atom stereocenters. The number of likely N-dealkylation sites (N-methyl/N-ethyl adjacent to an activating group) is 1. The first-order valence-electron chi connectivity index (χ1n) is 8.19. The van der Waals surface area contributed by atoms with Crippen LogP contribution in [0.2, 0.25) is 5.02 Å². The first kappa shape index (κ1) is 18.0. The minimum atomic E-state index is -3.71. The summed E-state index contributed by atoms with van der Waals surface area (Å²) in [6.45, 7) is 6.76. The zero-order valence-corrected chi connectivity index (χ0v) is 15.6. The summed E-state index contributed by atoms with van der Waals surface area (Å²) in [6.07, 6.45) is 2.86. The number of halogens is 1. The van der Waals surface area contributed by atoms with Crippen molar-refractivity contribution >= 4 is 33.0 Å². The zero-order chi connectivity index (χ0) is 17.9. The van der Waals surface area contributed by atoms with Gasteiger partial charge in [0.05, 0.1) is 11.4 Å². The highest BCUT2D eigenvalue weighted by atomic mass is 35.5. The number of hydrogen-bond acceptors (Lipinski definition) is 5. The molecular formula is C17H21ClN4O2S. The molecule has 3 rings (SSSR count). The van der Waals surface area contributed by atoms with Gasteiger partial charge in [-0.1, -0.05) is 18.5 Å². The Morgan fingerprint density at radius 3 is 2.60 bits per heavy atom. The van der Waals surface area contributed by atoms with E-state index in [0.29, 0.717) is 10.7 Å². The summed E-state index contributed by atoms with van der Waals surface area (Å²) >= 11 is 6.10. The van der Waals surface area contributed by atoms with Crippen LogP contribution in [-0.4, -0.2) is 51.0 Å². The smallest absolute Gasteiger partial charge is 0.263 e. The number of nitrogens with one attached hydrogen (secondary N) is 1. The predicted octanol–water partition coefficient (Wildman–Crippen LogP) is 2.68. The summed E-state index contributed by atoms with van der Waals surface area (Å²) in [5.41, 5.74) is 1.33. The van der Waals surface area contributed by atoms with Gasteiger partial charge in [-0.2, -0.15) is 0 Å². The van der Waals surface area contributed by atoms with Crippen molar-refractivity contribution in [3.63, 3.8) is 0 Å². The minimum Gasteiger partial charge on any atom is -0.367 e. The molecule has 0 radical (unpaired) electrons. The Morgan fingerprint density at radius 2 is 1.96 bits per heavy atom. The fourth-order valence-corrected chi connectivity index (χ4v) is 4.08. The molecule has 0 unspecified atom stereocenters. The number of piperazine rings is 1. The van der Waals surface area contributed by atoms with Crippen LogP contribution < -0.4 is 9.62 Å². The summed E-state index contributed by atoms with van der Waals surface area (Å²) in [4.78, 5) is 8.55. The third-order valence-electron chi connectivity index (χ3n) is 4.31. The molecule has 1 aromatic carbocycles. The van der Waals surface area contributed by atoms with E-state index in [0.717, 1.165) is 38.4 Å². The highest BCUT2D eigenvalue weighted by Gasteiger charge is 2.21. The Kier molecular flexibility index (Phi) is 5.46. The van der Waals surface area contributed by atoms with Crippen LogP contribution in [0.1, 0.15) is 6.92 Å². The van der Waals surface area contributed by atoms with Crippen LogP contribution >= 0.6 is 11.6 Å². The Balaban J connectivity index is 1.88. The molecular weight excluding hydrogens is 360 g/mol. The first-order chi connectivity index (χ1) is 12.0. The largest absolute Gasteiger partial charge is 0.367 e. The lowest BCUT2D eigenvalue weighted by atomic mass is 10.2. The summed E-state index contributed by atoms with van der Waals surface area (Å²) < 4.78 is 27.9. The van der Waals surface area contributed by atoms with E-state index < -0.39 is 10.0 Å². The van der Waals surface area contributed by atoms with Gasteiger partial charge in [-0.05, 0) is 36.9 Å². The second kappa shape index (κ2) is 7.59. The molecule has 8 heteroatoms. The zero-order valence-electron chi connectivity index (χ0n) is 14.0. The van der Waals surface area contributed by atoms with Gasteiger partial charge in [0.2, 0.25) is 0 Å². The molecule has 2 heterocycles. The van der Waals surface area contributed by atoms with Crippen molar-refractivity contribution in [3.8, 4) is 0 Å². The third-order valence-corrected chi connectivity index (χ3v) is 5.89. The van der Waals surface area contributed by atoms with E-state index >= 15 is 0 Å². The van der Waals surface area contributed by atoms with Gasteiger partial charge in [0, 0.05) is 43.6 Å². The minimum absolute atomic E-state index is 0.122. The number of hydrogen-bond donors (Lipinski definition) is 1. The second-order valence-electron chi connectivity index (χ2n) is 5.88. The van der Waals surface area contributed by atoms with Gasteiger partial charge in [-0.15, -0.1) is 0 Å². The Hall–Kier alpha value is -1.83. The lowest BCUT2D eigenvalue weighted by molar-refractivity contribution is 0.271. The number of rotatable bonds is 5. The molecule has 1 aliphatic rings. The fraction of sp³-hybridized carbons (Fsp3) is 0.353. The summed E-state index contributed by atoms with van der Waals surface area (Å²) in [5.74, 6) is 0. The van der Waals surface area contributed by atoms with E-state index in [-0.39, 0.29) is 4.90 Å². The molecule has 1 saturated heterocycles. The van der Waals surface area contributed by atoms with Gasteiger partial charge >= 0.3 is 0 Å². The lowest BCUT2D eigenvalue weighted by Gasteiger charge is -2.36. The van der Waals surface area contributed by atoms with Crippen molar-refractivity contribution in [2.75, 3.05) is 42.3 Å². The highest BCUT2D eigenvalue weighted by molar-refractivity contribution is 7.92. The molecule has 25 heavy (non-hydrogen) atoms. The van der Waals surface area contributed by atoms with Crippen LogP contribution in [0, 0.1) is 0 Å². The van der Waals surface area contributed by atoms with E-state index in [1.54, 1.807) is 18.2 Å². The first-order valence-corrected chi connectivity index (χ1v) is 10.1. The maximum atomic E-state index is 12.6. The molecule has 0 saturated carbocycles. The number of benzene rings is 1. The Bertz CT molecular complexity index is 822. The van der Waals surface area contributed by atoms with E-state index in [9.17, 15) is 8.42 Å². The van der Waals surface area contributed by atoms with Crippen LogP contribution in [0.5, 0.6) is 0 Å². The number of aromatic nitrogens is 1. The van der Waals surface area contributed by atoms with Gasteiger partial charge in [-0.25, -0.2) is 8.42 Å². The molecule has 2 aromatic rings. The number of sulfonamides is 1. The standard InChI is InChI=1S/C17H21ClN4O2S/c1-2-21-8-10-22(11-9-21)17-6-5-14(18)12-16(17)20-25(23,24)15-4-3-7-19-13-15/h3-7,12-13,20H,2,8-11H2,1H3. The SMILES string of the molecule is CCN1CCN(c2ccc(Cl)cc2NS(=O)(=O)c2cccnc2)CC1. The van der Waals surface area contributed by atoms with Crippen LogP contribution in [0.3, 0.4) is 0 Å². The van der Waals surface area contributed by atoms with Gasteiger partial charge in [-0.3, -0.25) is 9.71 Å². The lowest BCUT2D eigenvalue weighted by Crippen LogP contribution is -2.46. The molecule has 1 aliphatic heterocycles. The van der Waals surface area contributed by atoms with Crippen molar-refractivity contribution in [1.29, 1.82) is 0 Å². The quantitative estimate of drug-likeness (QED) is 0.863. The van der Waals surface area contributed by atoms with E-state index in [2.05, 4.69) is 26.4 Å². The second-order valence-corrected chi connectivity index (χ2v) is 8.00. The van der Waals surface area contributed by atoms with Crippen molar-refractivity contribution in [2.45, 2.75) is 11.8 Å². The molecule has 0 bridgehead atoms. The molecule has 134 valence electrons. The van der Waals surface area contributed by atoms with Crippen LogP contribution in [-0.2, 0) is 10.0 Å². The van der Waals surface area contributed by atoms with Gasteiger partial charge in [0.15, 0.2) is 0 Å². The average Bonchev–Trinajstić information content (AvgIpc) is 2.62. The monoisotopic (exact) mass is 380 g/mol. The van der Waals surface area contributed by atoms with Gasteiger partial charge in [0.1, 0.15) is 4.90 Å². The van der Waals surface area contributed by atoms with Gasteiger partial charge < -0.3 is 9.80 Å². The fourth-order valence-electron chi connectivity index (χ4n) is 2.88. The molecule has 1 aromatic heterocycles. The molecule has 0 aliphatic carbocycles. The molecule has 1 fully saturated rings. The van der Waals surface area contributed by atoms with E-state index in [1.807, 2.05) is 6.07 Å². The van der Waals surface area contributed by atoms with Crippen LogP contribution in [0.4, 0.5) is 11.4 Å². The summed E-state index contributed by atoms with van der Waals surface area (Å²) in [7, 11) is -3.71. The van der Waals surface area contributed by atoms with E-state index in [1.165, 1.54) is 18.5 Å². The van der Waals surface area contributed by atoms with Gasteiger partial charge in [0.25, 0.3) is 10.0 Å². The highest BCUT2D eigenvalue weighted by Crippen LogP contribution is 2.31. The van der Waals surface area contributed by atoms with Crippen molar-refractivity contribution in [2.24, 2.45) is 0 Å². The Labute approximate surface area is 153 Å². The maximum absolute atomic E-state index is 12.6. The maximum Gasteiger partial charge on any atom is 0.263 e. The predicted molar refractivity (Wildman–Crippen MR) is 101 cm³/mol. The van der Waals surface area contributed by atoms with Crippen LogP contribution in [0.15, 0.2) is 47.6 Å². The normalized spacial score (nSPS) is 16.0. The van der Waals surface area contributed by atoms with E-state index in [4.69, 9.17) is 11.6 Å². The number of pyridine rings is 1. The van der Waals surface area contributed by atoms with Crippen molar-refractivity contribution < 1.29 is 8.42 Å².